The van der Waals surface area contributed by atoms with E-state index in [1.54, 1.807) is 7.11 Å². The highest BCUT2D eigenvalue weighted by Crippen LogP contribution is 2.21. The molecule has 0 spiro atoms. The summed E-state index contributed by atoms with van der Waals surface area (Å²) in [4.78, 5) is 5.01. The number of nitrogens with one attached hydrogen (secondary N) is 1. The van der Waals surface area contributed by atoms with Gasteiger partial charge < -0.3 is 15.0 Å². The predicted molar refractivity (Wildman–Crippen MR) is 89.4 cm³/mol. The first-order valence-corrected chi connectivity index (χ1v) is 7.90. The van der Waals surface area contributed by atoms with Crippen LogP contribution in [-0.2, 0) is 0 Å². The van der Waals surface area contributed by atoms with Gasteiger partial charge in [-0.25, -0.2) is 0 Å². The van der Waals surface area contributed by atoms with Gasteiger partial charge in [0.15, 0.2) is 0 Å². The van der Waals surface area contributed by atoms with Crippen LogP contribution < -0.4 is 15.0 Å². The standard InChI is InChI=1S/C17H29N3O/c1-5-18-17(2,3)14-19-10-12-20(13-11-19)15-6-8-16(21-4)9-7-15/h6-9,18H,5,10-14H2,1-4H3. The van der Waals surface area contributed by atoms with Gasteiger partial charge in [0, 0.05) is 44.0 Å². The van der Waals surface area contributed by atoms with Crippen molar-refractivity contribution in [3.8, 4) is 5.75 Å². The fourth-order valence-corrected chi connectivity index (χ4v) is 3.05. The highest BCUT2D eigenvalue weighted by molar-refractivity contribution is 5.49. The molecule has 1 aliphatic rings. The van der Waals surface area contributed by atoms with E-state index in [0.29, 0.717) is 0 Å². The summed E-state index contributed by atoms with van der Waals surface area (Å²) in [6.45, 7) is 13.3. The summed E-state index contributed by atoms with van der Waals surface area (Å²) in [5.74, 6) is 0.921. The number of nitrogens with zero attached hydrogens (tertiary/aromatic N) is 2. The minimum atomic E-state index is 0.192. The Kier molecular flexibility index (Phi) is 5.48. The highest BCUT2D eigenvalue weighted by atomic mass is 16.5. The van der Waals surface area contributed by atoms with Crippen LogP contribution in [0.15, 0.2) is 24.3 Å². The molecular formula is C17H29N3O. The van der Waals surface area contributed by atoms with E-state index < -0.39 is 0 Å². The molecule has 1 aromatic rings. The molecule has 118 valence electrons. The lowest BCUT2D eigenvalue weighted by atomic mass is 10.0. The molecule has 2 rings (SSSR count). The topological polar surface area (TPSA) is 27.7 Å². The number of hydrogen-bond acceptors (Lipinski definition) is 4. The van der Waals surface area contributed by atoms with Gasteiger partial charge in [0.2, 0.25) is 0 Å². The van der Waals surface area contributed by atoms with Crippen LogP contribution in [0.5, 0.6) is 5.75 Å². The molecule has 21 heavy (non-hydrogen) atoms. The first kappa shape index (κ1) is 16.1. The Morgan fingerprint density at radius 1 is 1.10 bits per heavy atom. The van der Waals surface area contributed by atoms with Crippen molar-refractivity contribution in [2.75, 3.05) is 51.3 Å². The van der Waals surface area contributed by atoms with Gasteiger partial charge in [-0.3, -0.25) is 4.90 Å². The average molecular weight is 291 g/mol. The van der Waals surface area contributed by atoms with Gasteiger partial charge in [-0.05, 0) is 44.7 Å². The van der Waals surface area contributed by atoms with Crippen molar-refractivity contribution in [1.29, 1.82) is 0 Å². The Bertz CT molecular complexity index is 422. The van der Waals surface area contributed by atoms with Crippen molar-refractivity contribution >= 4 is 5.69 Å². The average Bonchev–Trinajstić information content (AvgIpc) is 2.48. The molecule has 0 amide bonds. The summed E-state index contributed by atoms with van der Waals surface area (Å²) in [6, 6.07) is 8.38. The Morgan fingerprint density at radius 2 is 1.71 bits per heavy atom. The highest BCUT2D eigenvalue weighted by Gasteiger charge is 2.24. The van der Waals surface area contributed by atoms with Gasteiger partial charge >= 0.3 is 0 Å². The van der Waals surface area contributed by atoms with Crippen LogP contribution in [0.2, 0.25) is 0 Å². The van der Waals surface area contributed by atoms with Crippen LogP contribution in [0, 0.1) is 0 Å². The summed E-state index contributed by atoms with van der Waals surface area (Å²) in [6.07, 6.45) is 0. The second kappa shape index (κ2) is 7.14. The second-order valence-corrected chi connectivity index (χ2v) is 6.38. The summed E-state index contributed by atoms with van der Waals surface area (Å²) in [5.41, 5.74) is 1.48. The van der Waals surface area contributed by atoms with Gasteiger partial charge in [0.1, 0.15) is 5.75 Å². The zero-order chi connectivity index (χ0) is 15.3. The van der Waals surface area contributed by atoms with Gasteiger partial charge in [-0.1, -0.05) is 6.92 Å². The molecule has 0 aliphatic carbocycles. The number of piperazine rings is 1. The third kappa shape index (κ3) is 4.61. The van der Waals surface area contributed by atoms with Crippen molar-refractivity contribution < 1.29 is 4.74 Å². The minimum absolute atomic E-state index is 0.192. The lowest BCUT2D eigenvalue weighted by Gasteiger charge is -2.40. The third-order valence-corrected chi connectivity index (χ3v) is 4.08. The minimum Gasteiger partial charge on any atom is -0.497 e. The molecule has 0 aromatic heterocycles. The molecule has 4 nitrogen and oxygen atoms in total. The molecule has 0 saturated carbocycles. The maximum Gasteiger partial charge on any atom is 0.119 e. The molecule has 0 atom stereocenters. The molecule has 1 heterocycles. The maximum absolute atomic E-state index is 5.22. The van der Waals surface area contributed by atoms with Crippen LogP contribution in [-0.4, -0.2) is 56.8 Å². The number of ether oxygens (including phenoxy) is 1. The normalized spacial score (nSPS) is 17.0. The molecule has 0 bridgehead atoms. The fourth-order valence-electron chi connectivity index (χ4n) is 3.05. The van der Waals surface area contributed by atoms with E-state index in [0.717, 1.165) is 45.0 Å². The van der Waals surface area contributed by atoms with Crippen LogP contribution in [0.4, 0.5) is 5.69 Å². The van der Waals surface area contributed by atoms with Gasteiger partial charge in [-0.2, -0.15) is 0 Å². The number of anilines is 1. The summed E-state index contributed by atoms with van der Waals surface area (Å²) < 4.78 is 5.22. The van der Waals surface area contributed by atoms with E-state index in [9.17, 15) is 0 Å². The van der Waals surface area contributed by atoms with Gasteiger partial charge in [0.25, 0.3) is 0 Å². The molecule has 1 fully saturated rings. The lowest BCUT2D eigenvalue weighted by molar-refractivity contribution is 0.193. The Morgan fingerprint density at radius 3 is 2.24 bits per heavy atom. The van der Waals surface area contributed by atoms with Crippen LogP contribution >= 0.6 is 0 Å². The van der Waals surface area contributed by atoms with Crippen molar-refractivity contribution in [2.24, 2.45) is 0 Å². The van der Waals surface area contributed by atoms with Crippen molar-refractivity contribution in [3.63, 3.8) is 0 Å². The second-order valence-electron chi connectivity index (χ2n) is 6.38. The SMILES string of the molecule is CCNC(C)(C)CN1CCN(c2ccc(OC)cc2)CC1. The van der Waals surface area contributed by atoms with E-state index in [4.69, 9.17) is 4.74 Å². The van der Waals surface area contributed by atoms with Crippen LogP contribution in [0.25, 0.3) is 0 Å². The van der Waals surface area contributed by atoms with E-state index in [1.807, 2.05) is 12.1 Å². The van der Waals surface area contributed by atoms with E-state index in [2.05, 4.69) is 48.0 Å². The van der Waals surface area contributed by atoms with Gasteiger partial charge in [0.05, 0.1) is 7.11 Å². The number of likely N-dealkylation sites (N-methyl/N-ethyl adjacent to an activating group) is 1. The smallest absolute Gasteiger partial charge is 0.119 e. The predicted octanol–water partition coefficient (Wildman–Crippen LogP) is 2.21. The third-order valence-electron chi connectivity index (χ3n) is 4.08. The Labute approximate surface area is 129 Å². The van der Waals surface area contributed by atoms with Crippen molar-refractivity contribution in [2.45, 2.75) is 26.3 Å². The number of methoxy groups -OCH3 is 1. The van der Waals surface area contributed by atoms with Gasteiger partial charge in [-0.15, -0.1) is 0 Å². The fraction of sp³-hybridized carbons (Fsp3) is 0.647. The zero-order valence-corrected chi connectivity index (χ0v) is 13.9. The Balaban J connectivity index is 1.85. The number of hydrogen-bond donors (Lipinski definition) is 1. The molecule has 4 heteroatoms. The molecule has 0 radical (unpaired) electrons. The van der Waals surface area contributed by atoms with E-state index in [1.165, 1.54) is 5.69 Å². The largest absolute Gasteiger partial charge is 0.497 e. The maximum atomic E-state index is 5.22. The summed E-state index contributed by atoms with van der Waals surface area (Å²) >= 11 is 0. The number of benzene rings is 1. The molecule has 1 aromatic carbocycles. The van der Waals surface area contributed by atoms with E-state index >= 15 is 0 Å². The number of rotatable bonds is 6. The van der Waals surface area contributed by atoms with Crippen LogP contribution in [0.1, 0.15) is 20.8 Å². The summed E-state index contributed by atoms with van der Waals surface area (Å²) in [7, 11) is 1.71. The summed E-state index contributed by atoms with van der Waals surface area (Å²) in [5, 5.41) is 3.56. The zero-order valence-electron chi connectivity index (χ0n) is 13.9. The Hall–Kier alpha value is -1.26. The molecule has 1 N–H and O–H groups in total. The van der Waals surface area contributed by atoms with Crippen LogP contribution in [0.3, 0.4) is 0 Å². The lowest BCUT2D eigenvalue weighted by Crippen LogP contribution is -2.54. The molecular weight excluding hydrogens is 262 g/mol. The molecule has 0 unspecified atom stereocenters. The molecule has 1 aliphatic heterocycles. The molecule has 1 saturated heterocycles. The van der Waals surface area contributed by atoms with Crippen molar-refractivity contribution in [1.82, 2.24) is 10.2 Å². The first-order chi connectivity index (χ1) is 10.0. The first-order valence-electron chi connectivity index (χ1n) is 7.90. The monoisotopic (exact) mass is 291 g/mol. The quantitative estimate of drug-likeness (QED) is 0.869. The van der Waals surface area contributed by atoms with E-state index in [-0.39, 0.29) is 5.54 Å². The van der Waals surface area contributed by atoms with Crippen molar-refractivity contribution in [3.05, 3.63) is 24.3 Å².